The molecular formula is C18H31N5O2. The number of aliphatic hydroxyl groups excluding tert-OH is 1. The summed E-state index contributed by atoms with van der Waals surface area (Å²) in [5, 5.41) is 12.0. The third-order valence-electron chi connectivity index (χ3n) is 4.95. The van der Waals surface area contributed by atoms with Crippen molar-refractivity contribution in [3.8, 4) is 0 Å². The fourth-order valence-electron chi connectivity index (χ4n) is 3.08. The number of aromatic nitrogens is 2. The molecular weight excluding hydrogens is 318 g/mol. The first-order valence-corrected chi connectivity index (χ1v) is 8.84. The molecule has 1 aromatic heterocycles. The molecule has 1 amide bonds. The van der Waals surface area contributed by atoms with Gasteiger partial charge in [0.25, 0.3) is 5.91 Å². The molecule has 25 heavy (non-hydrogen) atoms. The van der Waals surface area contributed by atoms with Crippen LogP contribution in [-0.2, 0) is 0 Å². The molecule has 2 rings (SSSR count). The van der Waals surface area contributed by atoms with Gasteiger partial charge in [-0.1, -0.05) is 0 Å². The van der Waals surface area contributed by atoms with Gasteiger partial charge < -0.3 is 20.2 Å². The zero-order chi connectivity index (χ0) is 18.8. The van der Waals surface area contributed by atoms with Crippen LogP contribution in [0.5, 0.6) is 0 Å². The van der Waals surface area contributed by atoms with Crippen molar-refractivity contribution in [2.24, 2.45) is 0 Å². The van der Waals surface area contributed by atoms with Crippen molar-refractivity contribution < 1.29 is 9.90 Å². The molecule has 1 saturated heterocycles. The van der Waals surface area contributed by atoms with Crippen LogP contribution in [-0.4, -0.2) is 71.3 Å². The van der Waals surface area contributed by atoms with E-state index in [-0.39, 0.29) is 18.3 Å². The molecule has 1 atom stereocenters. The summed E-state index contributed by atoms with van der Waals surface area (Å²) >= 11 is 0. The Morgan fingerprint density at radius 3 is 2.60 bits per heavy atom. The van der Waals surface area contributed by atoms with Gasteiger partial charge in [0.15, 0.2) is 0 Å². The monoisotopic (exact) mass is 349 g/mol. The Bertz CT molecular complexity index is 630. The molecule has 0 bridgehead atoms. The van der Waals surface area contributed by atoms with E-state index in [2.05, 4.69) is 39.2 Å². The number of carbonyl (C=O) groups is 1. The molecule has 0 aromatic carbocycles. The molecule has 7 nitrogen and oxygen atoms in total. The third-order valence-corrected chi connectivity index (χ3v) is 4.95. The fraction of sp³-hybridized carbons (Fsp3) is 0.722. The lowest BCUT2D eigenvalue weighted by Crippen LogP contribution is -2.44. The maximum atomic E-state index is 12.6. The van der Waals surface area contributed by atoms with Gasteiger partial charge in [0, 0.05) is 42.5 Å². The predicted octanol–water partition coefficient (Wildman–Crippen LogP) is 1.12. The van der Waals surface area contributed by atoms with Gasteiger partial charge in [0.2, 0.25) is 5.82 Å². The fourth-order valence-corrected chi connectivity index (χ4v) is 3.08. The number of amides is 1. The normalized spacial score (nSPS) is 18.1. The summed E-state index contributed by atoms with van der Waals surface area (Å²) in [6.07, 6.45) is 1.56. The van der Waals surface area contributed by atoms with Crippen LogP contribution in [0.25, 0.3) is 0 Å². The summed E-state index contributed by atoms with van der Waals surface area (Å²) in [6.45, 7) is 9.53. The summed E-state index contributed by atoms with van der Waals surface area (Å²) < 4.78 is 0. The van der Waals surface area contributed by atoms with Gasteiger partial charge in [0.1, 0.15) is 5.82 Å². The summed E-state index contributed by atoms with van der Waals surface area (Å²) in [4.78, 5) is 26.0. The number of hydrogen-bond acceptors (Lipinski definition) is 6. The number of aliphatic hydroxyl groups is 1. The first kappa shape index (κ1) is 19.6. The van der Waals surface area contributed by atoms with Crippen molar-refractivity contribution in [3.05, 3.63) is 17.1 Å². The second-order valence-electron chi connectivity index (χ2n) is 7.74. The number of carbonyl (C=O) groups excluding carboxylic acids is 1. The standard InChI is InChI=1S/C18H31N5O2/c1-12-13(2)19-15(17(25)21-18(3,4)8-10-24)20-16(12)23-9-7-14(11-23)22(5)6/h14,24H,7-11H2,1-6H3,(H,21,25)/t14-/m1/s1. The van der Waals surface area contributed by atoms with Crippen molar-refractivity contribution in [1.82, 2.24) is 20.2 Å². The third kappa shape index (κ3) is 4.67. The average molecular weight is 349 g/mol. The molecule has 1 aliphatic rings. The van der Waals surface area contributed by atoms with Crippen molar-refractivity contribution in [2.45, 2.75) is 52.1 Å². The molecule has 1 fully saturated rings. The number of hydrogen-bond donors (Lipinski definition) is 2. The Morgan fingerprint density at radius 2 is 2.04 bits per heavy atom. The van der Waals surface area contributed by atoms with Gasteiger partial charge in [-0.3, -0.25) is 4.79 Å². The van der Waals surface area contributed by atoms with Crippen LogP contribution >= 0.6 is 0 Å². The van der Waals surface area contributed by atoms with E-state index in [0.29, 0.717) is 12.5 Å². The minimum absolute atomic E-state index is 0.0199. The first-order chi connectivity index (χ1) is 11.6. The van der Waals surface area contributed by atoms with Crippen LogP contribution < -0.4 is 10.2 Å². The average Bonchev–Trinajstić information content (AvgIpc) is 2.99. The van der Waals surface area contributed by atoms with E-state index in [4.69, 9.17) is 5.11 Å². The minimum atomic E-state index is -0.502. The Hall–Kier alpha value is -1.73. The van der Waals surface area contributed by atoms with E-state index in [1.807, 2.05) is 27.7 Å². The smallest absolute Gasteiger partial charge is 0.289 e. The van der Waals surface area contributed by atoms with Gasteiger partial charge in [0.05, 0.1) is 0 Å². The van der Waals surface area contributed by atoms with Crippen LogP contribution in [0.2, 0.25) is 0 Å². The molecule has 7 heteroatoms. The van der Waals surface area contributed by atoms with Crippen LogP contribution in [0.1, 0.15) is 48.6 Å². The van der Waals surface area contributed by atoms with Crippen molar-refractivity contribution in [3.63, 3.8) is 0 Å². The summed E-state index contributed by atoms with van der Waals surface area (Å²) in [5.74, 6) is 0.741. The molecule has 2 N–H and O–H groups in total. The highest BCUT2D eigenvalue weighted by Gasteiger charge is 2.28. The molecule has 140 valence electrons. The first-order valence-electron chi connectivity index (χ1n) is 8.84. The van der Waals surface area contributed by atoms with Gasteiger partial charge in [-0.2, -0.15) is 0 Å². The number of nitrogens with one attached hydrogen (secondary N) is 1. The zero-order valence-corrected chi connectivity index (χ0v) is 16.3. The molecule has 0 spiro atoms. The highest BCUT2D eigenvalue weighted by atomic mass is 16.3. The van der Waals surface area contributed by atoms with Crippen molar-refractivity contribution >= 4 is 11.7 Å². The molecule has 0 aliphatic carbocycles. The Balaban J connectivity index is 2.24. The lowest BCUT2D eigenvalue weighted by Gasteiger charge is -2.26. The summed E-state index contributed by atoms with van der Waals surface area (Å²) in [7, 11) is 4.18. The lowest BCUT2D eigenvalue weighted by molar-refractivity contribution is 0.0888. The predicted molar refractivity (Wildman–Crippen MR) is 99.1 cm³/mol. The van der Waals surface area contributed by atoms with Crippen molar-refractivity contribution in [1.29, 1.82) is 0 Å². The van der Waals surface area contributed by atoms with Gasteiger partial charge in [-0.15, -0.1) is 0 Å². The Kier molecular flexibility index (Phi) is 6.00. The van der Waals surface area contributed by atoms with Crippen LogP contribution in [0.15, 0.2) is 0 Å². The zero-order valence-electron chi connectivity index (χ0n) is 16.3. The van der Waals surface area contributed by atoms with Gasteiger partial charge >= 0.3 is 0 Å². The van der Waals surface area contributed by atoms with E-state index >= 15 is 0 Å². The maximum absolute atomic E-state index is 12.6. The highest BCUT2D eigenvalue weighted by Crippen LogP contribution is 2.25. The second-order valence-corrected chi connectivity index (χ2v) is 7.74. The van der Waals surface area contributed by atoms with E-state index in [9.17, 15) is 4.79 Å². The van der Waals surface area contributed by atoms with E-state index in [0.717, 1.165) is 36.6 Å². The summed E-state index contributed by atoms with van der Waals surface area (Å²) in [5.41, 5.74) is 1.34. The molecule has 0 saturated carbocycles. The number of likely N-dealkylation sites (N-methyl/N-ethyl adjacent to an activating group) is 1. The maximum Gasteiger partial charge on any atom is 0.289 e. The number of aryl methyl sites for hydroxylation is 1. The van der Waals surface area contributed by atoms with E-state index in [1.54, 1.807) is 0 Å². The Morgan fingerprint density at radius 1 is 1.36 bits per heavy atom. The molecule has 0 unspecified atom stereocenters. The topological polar surface area (TPSA) is 81.6 Å². The molecule has 2 heterocycles. The number of anilines is 1. The van der Waals surface area contributed by atoms with Crippen LogP contribution in [0.4, 0.5) is 5.82 Å². The van der Waals surface area contributed by atoms with Crippen LogP contribution in [0, 0.1) is 13.8 Å². The molecule has 1 aliphatic heterocycles. The quantitative estimate of drug-likeness (QED) is 0.801. The second kappa shape index (κ2) is 7.66. The number of rotatable bonds is 6. The number of nitrogens with zero attached hydrogens (tertiary/aromatic N) is 4. The van der Waals surface area contributed by atoms with Gasteiger partial charge in [-0.05, 0) is 54.6 Å². The lowest BCUT2D eigenvalue weighted by atomic mass is 10.0. The largest absolute Gasteiger partial charge is 0.396 e. The van der Waals surface area contributed by atoms with E-state index < -0.39 is 5.54 Å². The SMILES string of the molecule is Cc1nc(C(=O)NC(C)(C)CCO)nc(N2CC[C@@H](N(C)C)C2)c1C. The summed E-state index contributed by atoms with van der Waals surface area (Å²) in [6, 6.07) is 0.496. The van der Waals surface area contributed by atoms with Crippen molar-refractivity contribution in [2.75, 3.05) is 38.7 Å². The van der Waals surface area contributed by atoms with Gasteiger partial charge in [-0.25, -0.2) is 9.97 Å². The minimum Gasteiger partial charge on any atom is -0.396 e. The Labute approximate surface area is 150 Å². The molecule has 1 aromatic rings. The highest BCUT2D eigenvalue weighted by molar-refractivity contribution is 5.91. The van der Waals surface area contributed by atoms with Crippen LogP contribution in [0.3, 0.4) is 0 Å². The molecule has 0 radical (unpaired) electrons. The van der Waals surface area contributed by atoms with E-state index in [1.165, 1.54) is 0 Å².